The topological polar surface area (TPSA) is 69.6 Å². The summed E-state index contributed by atoms with van der Waals surface area (Å²) >= 11 is 3.34. The fourth-order valence-corrected chi connectivity index (χ4v) is 2.27. The summed E-state index contributed by atoms with van der Waals surface area (Å²) in [5.74, 6) is 0.162. The molecule has 1 heterocycles. The van der Waals surface area contributed by atoms with E-state index >= 15 is 0 Å². The molecule has 0 amide bonds. The van der Waals surface area contributed by atoms with Crippen LogP contribution in [0.4, 0.5) is 10.1 Å². The van der Waals surface area contributed by atoms with E-state index in [1.165, 1.54) is 16.8 Å². The molecule has 0 unspecified atom stereocenters. The second-order valence-corrected chi connectivity index (χ2v) is 5.44. The molecule has 0 aliphatic heterocycles. The first-order valence-electron chi connectivity index (χ1n) is 6.16. The SMILES string of the molecule is Cc1ccc(F)cc1-n1nnnc1-c1ccc(Br)c(N)c1. The second kappa shape index (κ2) is 5.25. The number of nitrogens with zero attached hydrogens (tertiary/aromatic N) is 4. The average molecular weight is 348 g/mol. The van der Waals surface area contributed by atoms with Gasteiger partial charge in [-0.15, -0.1) is 5.10 Å². The summed E-state index contributed by atoms with van der Waals surface area (Å²) in [6.07, 6.45) is 0. The standard InChI is InChI=1S/C14H11BrFN5/c1-8-2-4-10(16)7-13(8)21-14(18-19-20-21)9-3-5-11(15)12(17)6-9/h2-7H,17H2,1H3. The van der Waals surface area contributed by atoms with E-state index in [1.54, 1.807) is 12.1 Å². The van der Waals surface area contributed by atoms with E-state index in [9.17, 15) is 4.39 Å². The number of hydrogen-bond acceptors (Lipinski definition) is 4. The quantitative estimate of drug-likeness (QED) is 0.723. The number of nitrogens with two attached hydrogens (primary N) is 1. The van der Waals surface area contributed by atoms with Crippen LogP contribution < -0.4 is 5.73 Å². The lowest BCUT2D eigenvalue weighted by atomic mass is 10.1. The predicted octanol–water partition coefficient (Wildman–Crippen LogP) is 3.12. The largest absolute Gasteiger partial charge is 0.398 e. The summed E-state index contributed by atoms with van der Waals surface area (Å²) in [4.78, 5) is 0. The van der Waals surface area contributed by atoms with Gasteiger partial charge in [0.2, 0.25) is 0 Å². The van der Waals surface area contributed by atoms with Gasteiger partial charge in [-0.05, 0) is 69.2 Å². The highest BCUT2D eigenvalue weighted by atomic mass is 79.9. The number of halogens is 2. The van der Waals surface area contributed by atoms with Crippen LogP contribution in [0.15, 0.2) is 40.9 Å². The Balaban J connectivity index is 2.17. The van der Waals surface area contributed by atoms with Gasteiger partial charge in [0, 0.05) is 15.7 Å². The van der Waals surface area contributed by atoms with Crippen LogP contribution in [-0.4, -0.2) is 20.2 Å². The van der Waals surface area contributed by atoms with Gasteiger partial charge in [0.15, 0.2) is 5.82 Å². The van der Waals surface area contributed by atoms with Crippen LogP contribution in [0, 0.1) is 12.7 Å². The molecule has 0 aliphatic rings. The van der Waals surface area contributed by atoms with Crippen molar-refractivity contribution in [3.8, 4) is 17.1 Å². The first kappa shape index (κ1) is 13.7. The van der Waals surface area contributed by atoms with Gasteiger partial charge in [-0.25, -0.2) is 4.39 Å². The lowest BCUT2D eigenvalue weighted by molar-refractivity contribution is 0.624. The van der Waals surface area contributed by atoms with Crippen LogP contribution in [0.3, 0.4) is 0 Å². The monoisotopic (exact) mass is 347 g/mol. The molecule has 21 heavy (non-hydrogen) atoms. The molecule has 0 saturated carbocycles. The zero-order valence-electron chi connectivity index (χ0n) is 11.1. The Morgan fingerprint density at radius 1 is 1.19 bits per heavy atom. The van der Waals surface area contributed by atoms with Crippen molar-refractivity contribution in [2.45, 2.75) is 6.92 Å². The first-order valence-corrected chi connectivity index (χ1v) is 6.96. The molecule has 0 saturated heterocycles. The van der Waals surface area contributed by atoms with E-state index in [0.29, 0.717) is 17.2 Å². The number of aryl methyl sites for hydroxylation is 1. The maximum Gasteiger partial charge on any atom is 0.187 e. The maximum absolute atomic E-state index is 13.5. The molecule has 0 fully saturated rings. The van der Waals surface area contributed by atoms with E-state index in [4.69, 9.17) is 5.73 Å². The van der Waals surface area contributed by atoms with Gasteiger partial charge in [0.25, 0.3) is 0 Å². The molecule has 7 heteroatoms. The molecular formula is C14H11BrFN5. The minimum Gasteiger partial charge on any atom is -0.398 e. The number of tetrazole rings is 1. The average Bonchev–Trinajstić information content (AvgIpc) is 2.93. The van der Waals surface area contributed by atoms with Crippen molar-refractivity contribution in [2.24, 2.45) is 0 Å². The van der Waals surface area contributed by atoms with Crippen molar-refractivity contribution < 1.29 is 4.39 Å². The summed E-state index contributed by atoms with van der Waals surface area (Å²) in [5.41, 5.74) is 8.68. The third kappa shape index (κ3) is 2.52. The van der Waals surface area contributed by atoms with Crippen LogP contribution in [0.1, 0.15) is 5.56 Å². The third-order valence-electron chi connectivity index (χ3n) is 3.12. The highest BCUT2D eigenvalue weighted by Crippen LogP contribution is 2.27. The Kier molecular flexibility index (Phi) is 3.42. The number of aromatic nitrogens is 4. The minimum atomic E-state index is -0.340. The number of hydrogen-bond donors (Lipinski definition) is 1. The first-order chi connectivity index (χ1) is 10.1. The van der Waals surface area contributed by atoms with E-state index < -0.39 is 0 Å². The van der Waals surface area contributed by atoms with Crippen molar-refractivity contribution >= 4 is 21.6 Å². The molecule has 0 aliphatic carbocycles. The van der Waals surface area contributed by atoms with Crippen molar-refractivity contribution in [3.05, 3.63) is 52.3 Å². The van der Waals surface area contributed by atoms with Crippen molar-refractivity contribution in [1.29, 1.82) is 0 Å². The highest BCUT2D eigenvalue weighted by Gasteiger charge is 2.14. The fraction of sp³-hybridized carbons (Fsp3) is 0.0714. The van der Waals surface area contributed by atoms with E-state index in [2.05, 4.69) is 31.5 Å². The normalized spacial score (nSPS) is 10.8. The molecule has 1 aromatic heterocycles. The molecule has 0 spiro atoms. The van der Waals surface area contributed by atoms with Gasteiger partial charge in [-0.1, -0.05) is 6.07 Å². The van der Waals surface area contributed by atoms with Crippen molar-refractivity contribution in [3.63, 3.8) is 0 Å². The molecule has 2 aromatic carbocycles. The summed E-state index contributed by atoms with van der Waals surface area (Å²) in [6.45, 7) is 1.87. The van der Waals surface area contributed by atoms with Crippen LogP contribution in [0.2, 0.25) is 0 Å². The Morgan fingerprint density at radius 2 is 2.00 bits per heavy atom. The van der Waals surface area contributed by atoms with Crippen LogP contribution in [0.5, 0.6) is 0 Å². The summed E-state index contributed by atoms with van der Waals surface area (Å²) in [6, 6.07) is 9.92. The summed E-state index contributed by atoms with van der Waals surface area (Å²) in [5, 5.41) is 11.7. The third-order valence-corrected chi connectivity index (χ3v) is 3.85. The summed E-state index contributed by atoms with van der Waals surface area (Å²) < 4.78 is 15.8. The highest BCUT2D eigenvalue weighted by molar-refractivity contribution is 9.10. The number of anilines is 1. The maximum atomic E-state index is 13.5. The number of rotatable bonds is 2. The Labute approximate surface area is 128 Å². The number of nitrogen functional groups attached to an aromatic ring is 1. The Bertz CT molecular complexity index is 815. The van der Waals surface area contributed by atoms with Crippen molar-refractivity contribution in [2.75, 3.05) is 5.73 Å². The Hall–Kier alpha value is -2.28. The lowest BCUT2D eigenvalue weighted by Crippen LogP contribution is -2.03. The van der Waals surface area contributed by atoms with E-state index in [0.717, 1.165) is 15.6 Å². The fourth-order valence-electron chi connectivity index (χ4n) is 2.02. The number of benzene rings is 2. The van der Waals surface area contributed by atoms with Gasteiger partial charge >= 0.3 is 0 Å². The van der Waals surface area contributed by atoms with Gasteiger partial charge < -0.3 is 5.73 Å². The zero-order chi connectivity index (χ0) is 15.0. The lowest BCUT2D eigenvalue weighted by Gasteiger charge is -2.08. The molecule has 0 radical (unpaired) electrons. The summed E-state index contributed by atoms with van der Waals surface area (Å²) in [7, 11) is 0. The van der Waals surface area contributed by atoms with Crippen molar-refractivity contribution in [1.82, 2.24) is 20.2 Å². The molecule has 2 N–H and O–H groups in total. The molecule has 0 atom stereocenters. The molecule has 0 bridgehead atoms. The Morgan fingerprint density at radius 3 is 2.76 bits per heavy atom. The zero-order valence-corrected chi connectivity index (χ0v) is 12.7. The van der Waals surface area contributed by atoms with Gasteiger partial charge in [-0.3, -0.25) is 0 Å². The predicted molar refractivity (Wildman–Crippen MR) is 81.4 cm³/mol. The van der Waals surface area contributed by atoms with Gasteiger partial charge in [0.1, 0.15) is 5.82 Å². The second-order valence-electron chi connectivity index (χ2n) is 4.58. The van der Waals surface area contributed by atoms with Crippen LogP contribution in [0.25, 0.3) is 17.1 Å². The van der Waals surface area contributed by atoms with Crippen LogP contribution >= 0.6 is 15.9 Å². The minimum absolute atomic E-state index is 0.340. The molecule has 3 aromatic rings. The molecule has 5 nitrogen and oxygen atoms in total. The van der Waals surface area contributed by atoms with E-state index in [-0.39, 0.29) is 5.82 Å². The molecule has 3 rings (SSSR count). The van der Waals surface area contributed by atoms with E-state index in [1.807, 2.05) is 19.1 Å². The smallest absolute Gasteiger partial charge is 0.187 e. The van der Waals surface area contributed by atoms with Crippen LogP contribution in [-0.2, 0) is 0 Å². The van der Waals surface area contributed by atoms with Gasteiger partial charge in [0.05, 0.1) is 5.69 Å². The molecular weight excluding hydrogens is 337 g/mol. The molecule has 106 valence electrons. The van der Waals surface area contributed by atoms with Gasteiger partial charge in [-0.2, -0.15) is 4.68 Å².